The highest BCUT2D eigenvalue weighted by atomic mass is 14.9. The van der Waals surface area contributed by atoms with Gasteiger partial charge >= 0.3 is 0 Å². The van der Waals surface area contributed by atoms with Crippen molar-refractivity contribution in [1.29, 1.82) is 5.41 Å². The molecular formula is C13H13N3. The summed E-state index contributed by atoms with van der Waals surface area (Å²) in [5.74, 6) is 0.0891. The fraction of sp³-hybridized carbons (Fsp3) is 0. The van der Waals surface area contributed by atoms with Crippen molar-refractivity contribution < 1.29 is 0 Å². The van der Waals surface area contributed by atoms with Gasteiger partial charge in [0.05, 0.1) is 0 Å². The second-order valence-corrected chi connectivity index (χ2v) is 3.48. The predicted molar refractivity (Wildman–Crippen MR) is 67.2 cm³/mol. The lowest BCUT2D eigenvalue weighted by Crippen LogP contribution is -2.10. The van der Waals surface area contributed by atoms with Crippen LogP contribution in [0.15, 0.2) is 54.6 Å². The van der Waals surface area contributed by atoms with E-state index in [1.807, 2.05) is 54.6 Å². The molecule has 16 heavy (non-hydrogen) atoms. The van der Waals surface area contributed by atoms with E-state index in [4.69, 9.17) is 11.1 Å². The number of benzene rings is 2. The quantitative estimate of drug-likeness (QED) is 0.540. The molecule has 2 aromatic carbocycles. The SMILES string of the molecule is N=C(N)c1ccc(Nc2ccccc2)cc1. The fourth-order valence-corrected chi connectivity index (χ4v) is 1.42. The fourth-order valence-electron chi connectivity index (χ4n) is 1.42. The third-order valence-electron chi connectivity index (χ3n) is 2.26. The summed E-state index contributed by atoms with van der Waals surface area (Å²) in [5.41, 5.74) is 8.14. The second kappa shape index (κ2) is 4.49. The van der Waals surface area contributed by atoms with Gasteiger partial charge in [0.25, 0.3) is 0 Å². The molecule has 0 aliphatic heterocycles. The number of amidine groups is 1. The summed E-state index contributed by atoms with van der Waals surface area (Å²) >= 11 is 0. The third-order valence-corrected chi connectivity index (χ3v) is 2.26. The van der Waals surface area contributed by atoms with Crippen LogP contribution < -0.4 is 11.1 Å². The summed E-state index contributed by atoms with van der Waals surface area (Å²) in [7, 11) is 0. The molecule has 0 saturated carbocycles. The van der Waals surface area contributed by atoms with Crippen molar-refractivity contribution in [3.05, 3.63) is 60.2 Å². The predicted octanol–water partition coefficient (Wildman–Crippen LogP) is 2.71. The van der Waals surface area contributed by atoms with Crippen LogP contribution in [0.3, 0.4) is 0 Å². The molecule has 0 fully saturated rings. The van der Waals surface area contributed by atoms with Gasteiger partial charge in [-0.1, -0.05) is 18.2 Å². The van der Waals surface area contributed by atoms with Crippen LogP contribution in [0, 0.1) is 5.41 Å². The molecule has 0 unspecified atom stereocenters. The van der Waals surface area contributed by atoms with Crippen molar-refractivity contribution in [2.75, 3.05) is 5.32 Å². The van der Waals surface area contributed by atoms with Crippen LogP contribution in [0.5, 0.6) is 0 Å². The smallest absolute Gasteiger partial charge is 0.122 e. The first-order valence-electron chi connectivity index (χ1n) is 5.02. The molecule has 3 heteroatoms. The number of hydrogen-bond donors (Lipinski definition) is 3. The summed E-state index contributed by atoms with van der Waals surface area (Å²) in [6.07, 6.45) is 0. The largest absolute Gasteiger partial charge is 0.384 e. The van der Waals surface area contributed by atoms with Gasteiger partial charge in [0.2, 0.25) is 0 Å². The molecule has 0 aromatic heterocycles. The first-order chi connectivity index (χ1) is 7.75. The van der Waals surface area contributed by atoms with E-state index in [2.05, 4.69) is 5.32 Å². The average Bonchev–Trinajstić information content (AvgIpc) is 2.31. The zero-order valence-electron chi connectivity index (χ0n) is 8.77. The Morgan fingerprint density at radius 2 is 1.44 bits per heavy atom. The maximum absolute atomic E-state index is 7.28. The van der Waals surface area contributed by atoms with Gasteiger partial charge in [-0.25, -0.2) is 0 Å². The number of nitrogens with two attached hydrogens (primary N) is 1. The molecule has 2 aromatic rings. The minimum atomic E-state index is 0.0891. The second-order valence-electron chi connectivity index (χ2n) is 3.48. The topological polar surface area (TPSA) is 61.9 Å². The van der Waals surface area contributed by atoms with Gasteiger partial charge in [-0.3, -0.25) is 5.41 Å². The highest BCUT2D eigenvalue weighted by molar-refractivity contribution is 5.95. The number of para-hydroxylation sites is 1. The van der Waals surface area contributed by atoms with Crippen molar-refractivity contribution >= 4 is 17.2 Å². The number of anilines is 2. The Balaban J connectivity index is 2.14. The normalized spacial score (nSPS) is 9.75. The van der Waals surface area contributed by atoms with Gasteiger partial charge in [0.1, 0.15) is 5.84 Å². The minimum absolute atomic E-state index is 0.0891. The first-order valence-corrected chi connectivity index (χ1v) is 5.02. The number of hydrogen-bond acceptors (Lipinski definition) is 2. The van der Waals surface area contributed by atoms with Crippen LogP contribution in [0.4, 0.5) is 11.4 Å². The molecule has 0 spiro atoms. The first kappa shape index (κ1) is 10.2. The maximum Gasteiger partial charge on any atom is 0.122 e. The lowest BCUT2D eigenvalue weighted by atomic mass is 10.2. The number of nitrogens with one attached hydrogen (secondary N) is 2. The summed E-state index contributed by atoms with van der Waals surface area (Å²) in [6.45, 7) is 0. The Morgan fingerprint density at radius 3 is 2.00 bits per heavy atom. The average molecular weight is 211 g/mol. The van der Waals surface area contributed by atoms with Gasteiger partial charge in [-0.2, -0.15) is 0 Å². The number of rotatable bonds is 3. The molecule has 4 N–H and O–H groups in total. The zero-order valence-corrected chi connectivity index (χ0v) is 8.77. The van der Waals surface area contributed by atoms with Gasteiger partial charge in [0, 0.05) is 16.9 Å². The molecule has 0 bridgehead atoms. The maximum atomic E-state index is 7.28. The summed E-state index contributed by atoms with van der Waals surface area (Å²) in [6, 6.07) is 17.4. The van der Waals surface area contributed by atoms with Crippen molar-refractivity contribution in [1.82, 2.24) is 0 Å². The van der Waals surface area contributed by atoms with Gasteiger partial charge in [0.15, 0.2) is 0 Å². The van der Waals surface area contributed by atoms with Crippen LogP contribution in [0.2, 0.25) is 0 Å². The standard InChI is InChI=1S/C13H13N3/c14-13(15)10-6-8-12(9-7-10)16-11-4-2-1-3-5-11/h1-9,16H,(H3,14,15). The Hall–Kier alpha value is -2.29. The molecule has 2 rings (SSSR count). The van der Waals surface area contributed by atoms with E-state index in [1.165, 1.54) is 0 Å². The Kier molecular flexibility index (Phi) is 2.87. The van der Waals surface area contributed by atoms with Crippen molar-refractivity contribution in [3.8, 4) is 0 Å². The molecule has 0 heterocycles. The van der Waals surface area contributed by atoms with Crippen LogP contribution in [0.1, 0.15) is 5.56 Å². The molecule has 3 nitrogen and oxygen atoms in total. The third kappa shape index (κ3) is 2.39. The summed E-state index contributed by atoms with van der Waals surface area (Å²) < 4.78 is 0. The van der Waals surface area contributed by atoms with Crippen molar-refractivity contribution in [2.45, 2.75) is 0 Å². The molecule has 0 radical (unpaired) electrons. The lowest BCUT2D eigenvalue weighted by Gasteiger charge is -2.06. The molecule has 0 aliphatic rings. The van der Waals surface area contributed by atoms with Gasteiger partial charge in [-0.15, -0.1) is 0 Å². The monoisotopic (exact) mass is 211 g/mol. The van der Waals surface area contributed by atoms with Gasteiger partial charge < -0.3 is 11.1 Å². The Labute approximate surface area is 94.4 Å². The van der Waals surface area contributed by atoms with Crippen molar-refractivity contribution in [3.63, 3.8) is 0 Å². The summed E-state index contributed by atoms with van der Waals surface area (Å²) in [4.78, 5) is 0. The van der Waals surface area contributed by atoms with E-state index in [9.17, 15) is 0 Å². The minimum Gasteiger partial charge on any atom is -0.384 e. The highest BCUT2D eigenvalue weighted by Gasteiger charge is 1.96. The summed E-state index contributed by atoms with van der Waals surface area (Å²) in [5, 5.41) is 10.5. The Morgan fingerprint density at radius 1 is 0.875 bits per heavy atom. The van der Waals surface area contributed by atoms with E-state index < -0.39 is 0 Å². The molecule has 80 valence electrons. The van der Waals surface area contributed by atoms with E-state index >= 15 is 0 Å². The molecule has 0 amide bonds. The van der Waals surface area contributed by atoms with Crippen LogP contribution in [-0.4, -0.2) is 5.84 Å². The van der Waals surface area contributed by atoms with Crippen LogP contribution in [0.25, 0.3) is 0 Å². The van der Waals surface area contributed by atoms with E-state index in [-0.39, 0.29) is 5.84 Å². The number of nitrogen functional groups attached to an aromatic ring is 1. The van der Waals surface area contributed by atoms with Crippen LogP contribution in [-0.2, 0) is 0 Å². The van der Waals surface area contributed by atoms with E-state index in [0.29, 0.717) is 0 Å². The molecule has 0 atom stereocenters. The highest BCUT2D eigenvalue weighted by Crippen LogP contribution is 2.16. The van der Waals surface area contributed by atoms with E-state index in [0.717, 1.165) is 16.9 Å². The van der Waals surface area contributed by atoms with Crippen LogP contribution >= 0.6 is 0 Å². The molecule has 0 saturated heterocycles. The Bertz CT molecular complexity index is 474. The lowest BCUT2D eigenvalue weighted by molar-refractivity contribution is 1.42. The van der Waals surface area contributed by atoms with Crippen molar-refractivity contribution in [2.24, 2.45) is 5.73 Å². The molecule has 0 aliphatic carbocycles. The zero-order chi connectivity index (χ0) is 11.4. The molecular weight excluding hydrogens is 198 g/mol. The van der Waals surface area contributed by atoms with E-state index in [1.54, 1.807) is 0 Å². The van der Waals surface area contributed by atoms with Gasteiger partial charge in [-0.05, 0) is 36.4 Å².